The number of hydrogen-bond acceptors (Lipinski definition) is 8. The normalized spacial score (nSPS) is 20.2. The molecule has 0 bridgehead atoms. The SMILES string of the molecule is CC(OC(=O)Nc1cnnc(NCCN=C2C=CC(C3(C(=O)O)CC3)CC2)n1)c1ccccc1Cl. The first-order chi connectivity index (χ1) is 16.9. The van der Waals surface area contributed by atoms with E-state index in [2.05, 4.69) is 30.8 Å². The van der Waals surface area contributed by atoms with E-state index in [1.807, 2.05) is 18.2 Å². The second-order valence-corrected chi connectivity index (χ2v) is 9.03. The van der Waals surface area contributed by atoms with Crippen LogP contribution in [0.2, 0.25) is 5.02 Å². The van der Waals surface area contributed by atoms with Crippen molar-refractivity contribution in [3.8, 4) is 0 Å². The molecule has 1 aromatic carbocycles. The number of hydrogen-bond donors (Lipinski definition) is 3. The van der Waals surface area contributed by atoms with E-state index in [0.717, 1.165) is 31.4 Å². The van der Waals surface area contributed by atoms with Crippen LogP contribution in [0.5, 0.6) is 0 Å². The first kappa shape index (κ1) is 24.6. The van der Waals surface area contributed by atoms with E-state index in [1.54, 1.807) is 25.1 Å². The number of ether oxygens (including phenoxy) is 1. The van der Waals surface area contributed by atoms with Gasteiger partial charge in [0.25, 0.3) is 0 Å². The number of amides is 1. The number of carbonyl (C=O) groups excluding carboxylic acids is 1. The predicted octanol–water partition coefficient (Wildman–Crippen LogP) is 4.52. The third-order valence-corrected chi connectivity index (χ3v) is 6.63. The second-order valence-electron chi connectivity index (χ2n) is 8.62. The van der Waals surface area contributed by atoms with E-state index in [0.29, 0.717) is 23.7 Å². The molecule has 1 heterocycles. The highest BCUT2D eigenvalue weighted by molar-refractivity contribution is 6.31. The Labute approximate surface area is 207 Å². The number of carbonyl (C=O) groups is 2. The van der Waals surface area contributed by atoms with Crippen molar-refractivity contribution in [2.45, 2.75) is 38.7 Å². The zero-order valence-corrected chi connectivity index (χ0v) is 20.0. The zero-order valence-electron chi connectivity index (χ0n) is 19.3. The number of aromatic nitrogens is 3. The maximum atomic E-state index is 12.2. The molecule has 10 nitrogen and oxygen atoms in total. The molecule has 2 aliphatic carbocycles. The van der Waals surface area contributed by atoms with Crippen LogP contribution >= 0.6 is 11.6 Å². The van der Waals surface area contributed by atoms with Crippen LogP contribution in [0.25, 0.3) is 0 Å². The molecule has 0 radical (unpaired) electrons. The van der Waals surface area contributed by atoms with Crippen LogP contribution < -0.4 is 10.6 Å². The molecular weight excluding hydrogens is 472 g/mol. The Kier molecular flexibility index (Phi) is 7.60. The number of allylic oxidation sites excluding steroid dienone is 2. The average Bonchev–Trinajstić information content (AvgIpc) is 3.65. The molecular formula is C24H27ClN6O4. The van der Waals surface area contributed by atoms with Gasteiger partial charge in [-0.05, 0) is 50.7 Å². The number of nitrogens with one attached hydrogen (secondary N) is 2. The molecule has 2 aromatic rings. The lowest BCUT2D eigenvalue weighted by atomic mass is 9.81. The smallest absolute Gasteiger partial charge is 0.413 e. The lowest BCUT2D eigenvalue weighted by Crippen LogP contribution is -2.26. The summed E-state index contributed by atoms with van der Waals surface area (Å²) in [5.41, 5.74) is 1.10. The van der Waals surface area contributed by atoms with Crippen LogP contribution in [-0.2, 0) is 9.53 Å². The lowest BCUT2D eigenvalue weighted by Gasteiger charge is -2.23. The Bertz CT molecular complexity index is 1150. The van der Waals surface area contributed by atoms with Gasteiger partial charge in [0, 0.05) is 22.8 Å². The Balaban J connectivity index is 1.23. The van der Waals surface area contributed by atoms with E-state index in [-0.39, 0.29) is 17.7 Å². The van der Waals surface area contributed by atoms with Crippen LogP contribution in [0.4, 0.5) is 16.6 Å². The quantitative estimate of drug-likeness (QED) is 0.429. The standard InChI is InChI=1S/C24H27ClN6O4/c1-15(18-4-2-3-5-19(18)25)35-23(34)30-20-14-28-31-22(29-20)27-13-12-26-17-8-6-16(7-9-17)24(10-11-24)21(32)33/h2-6,8,14-16H,7,9-13H2,1H3,(H,32,33)(H2,27,29,30,31,34). The lowest BCUT2D eigenvalue weighted by molar-refractivity contribution is -0.145. The van der Waals surface area contributed by atoms with Gasteiger partial charge in [-0.25, -0.2) is 4.79 Å². The molecule has 0 saturated heterocycles. The van der Waals surface area contributed by atoms with Crippen LogP contribution in [0, 0.1) is 11.3 Å². The minimum absolute atomic E-state index is 0.0890. The van der Waals surface area contributed by atoms with E-state index in [1.165, 1.54) is 6.20 Å². The van der Waals surface area contributed by atoms with Gasteiger partial charge in [-0.15, -0.1) is 5.10 Å². The van der Waals surface area contributed by atoms with Crippen LogP contribution in [0.3, 0.4) is 0 Å². The molecule has 35 heavy (non-hydrogen) atoms. The third-order valence-electron chi connectivity index (χ3n) is 6.28. The fraction of sp³-hybridized carbons (Fsp3) is 0.417. The first-order valence-corrected chi connectivity index (χ1v) is 11.9. The van der Waals surface area contributed by atoms with Crippen molar-refractivity contribution in [3.63, 3.8) is 0 Å². The Hall–Kier alpha value is -3.53. The molecule has 2 unspecified atom stereocenters. The van der Waals surface area contributed by atoms with Crippen LogP contribution in [0.15, 0.2) is 47.6 Å². The second kappa shape index (κ2) is 10.8. The number of halogens is 1. The molecule has 1 aromatic heterocycles. The van der Waals surface area contributed by atoms with Gasteiger partial charge in [0.1, 0.15) is 6.10 Å². The van der Waals surface area contributed by atoms with E-state index >= 15 is 0 Å². The molecule has 1 fully saturated rings. The minimum atomic E-state index is -0.689. The average molecular weight is 499 g/mol. The summed E-state index contributed by atoms with van der Waals surface area (Å²) >= 11 is 6.15. The van der Waals surface area contributed by atoms with Gasteiger partial charge in [0.15, 0.2) is 5.82 Å². The molecule has 184 valence electrons. The van der Waals surface area contributed by atoms with Crippen LogP contribution in [-0.4, -0.2) is 51.2 Å². The highest BCUT2D eigenvalue weighted by Gasteiger charge is 2.55. The van der Waals surface area contributed by atoms with E-state index < -0.39 is 23.6 Å². The summed E-state index contributed by atoms with van der Waals surface area (Å²) in [7, 11) is 0. The van der Waals surface area contributed by atoms with Gasteiger partial charge in [-0.3, -0.25) is 15.1 Å². The summed E-state index contributed by atoms with van der Waals surface area (Å²) in [5.74, 6) is -0.158. The first-order valence-electron chi connectivity index (χ1n) is 11.5. The van der Waals surface area contributed by atoms with Gasteiger partial charge in [-0.2, -0.15) is 10.1 Å². The van der Waals surface area contributed by atoms with Gasteiger partial charge in [-0.1, -0.05) is 35.9 Å². The van der Waals surface area contributed by atoms with Crippen molar-refractivity contribution in [2.75, 3.05) is 23.7 Å². The van der Waals surface area contributed by atoms with Gasteiger partial charge < -0.3 is 15.2 Å². The largest absolute Gasteiger partial charge is 0.481 e. The number of aliphatic carboxylic acids is 1. The van der Waals surface area contributed by atoms with Crippen molar-refractivity contribution < 1.29 is 19.4 Å². The summed E-state index contributed by atoms with van der Waals surface area (Å²) in [4.78, 5) is 32.5. The molecule has 1 saturated carbocycles. The molecule has 0 aliphatic heterocycles. The summed E-state index contributed by atoms with van der Waals surface area (Å²) in [6, 6.07) is 7.15. The molecule has 2 atom stereocenters. The van der Waals surface area contributed by atoms with Crippen molar-refractivity contribution in [1.29, 1.82) is 0 Å². The Morgan fingerprint density at radius 1 is 1.34 bits per heavy atom. The number of carboxylic acid groups (broad SMARTS) is 1. The van der Waals surface area contributed by atoms with Gasteiger partial charge in [0.05, 0.1) is 18.2 Å². The Morgan fingerprint density at radius 3 is 2.83 bits per heavy atom. The summed E-state index contributed by atoms with van der Waals surface area (Å²) < 4.78 is 5.37. The highest BCUT2D eigenvalue weighted by Crippen LogP contribution is 2.55. The fourth-order valence-corrected chi connectivity index (χ4v) is 4.44. The fourth-order valence-electron chi connectivity index (χ4n) is 4.15. The summed E-state index contributed by atoms with van der Waals surface area (Å²) in [5, 5.41) is 23.3. The summed E-state index contributed by atoms with van der Waals surface area (Å²) in [6.45, 7) is 2.69. The highest BCUT2D eigenvalue weighted by atomic mass is 35.5. The monoisotopic (exact) mass is 498 g/mol. The zero-order chi connectivity index (χ0) is 24.8. The maximum Gasteiger partial charge on any atom is 0.413 e. The topological polar surface area (TPSA) is 139 Å². The third kappa shape index (κ3) is 6.13. The number of aliphatic imine (C=N–C) groups is 1. The molecule has 2 aliphatic rings. The number of benzene rings is 1. The van der Waals surface area contributed by atoms with E-state index in [4.69, 9.17) is 16.3 Å². The number of rotatable bonds is 9. The van der Waals surface area contributed by atoms with Crippen molar-refractivity contribution >= 4 is 41.1 Å². The number of nitrogens with zero attached hydrogens (tertiary/aromatic N) is 4. The van der Waals surface area contributed by atoms with E-state index in [9.17, 15) is 14.7 Å². The van der Waals surface area contributed by atoms with Crippen molar-refractivity contribution in [3.05, 3.63) is 53.2 Å². The van der Waals surface area contributed by atoms with Gasteiger partial charge >= 0.3 is 12.1 Å². The maximum absolute atomic E-state index is 12.2. The van der Waals surface area contributed by atoms with Crippen molar-refractivity contribution in [1.82, 2.24) is 15.2 Å². The summed E-state index contributed by atoms with van der Waals surface area (Å²) in [6.07, 6.45) is 7.11. The molecule has 0 spiro atoms. The molecule has 3 N–H and O–H groups in total. The Morgan fingerprint density at radius 2 is 2.14 bits per heavy atom. The van der Waals surface area contributed by atoms with Crippen LogP contribution in [0.1, 0.15) is 44.3 Å². The van der Waals surface area contributed by atoms with Crippen molar-refractivity contribution in [2.24, 2.45) is 16.3 Å². The van der Waals surface area contributed by atoms with Gasteiger partial charge in [0.2, 0.25) is 5.95 Å². The predicted molar refractivity (Wildman–Crippen MR) is 132 cm³/mol. The molecule has 11 heteroatoms. The number of anilines is 2. The molecule has 1 amide bonds. The molecule has 4 rings (SSSR count). The number of carboxylic acids is 1. The minimum Gasteiger partial charge on any atom is -0.481 e.